The number of nitrogens with zero attached hydrogens (tertiary/aromatic N) is 4. The fraction of sp³-hybridized carbons (Fsp3) is 0.412. The number of hydrogen-bond donors (Lipinski definition) is 1. The second kappa shape index (κ2) is 6.54. The molecular weight excluding hydrogens is 354 g/mol. The van der Waals surface area contributed by atoms with Crippen LogP contribution in [0.15, 0.2) is 23.0 Å². The van der Waals surface area contributed by atoms with Gasteiger partial charge in [-0.2, -0.15) is 0 Å². The van der Waals surface area contributed by atoms with E-state index >= 15 is 0 Å². The first kappa shape index (κ1) is 17.3. The molecule has 10 nitrogen and oxygen atoms in total. The molecule has 0 atom stereocenters. The number of fused-ring (bicyclic) bond motifs is 1. The van der Waals surface area contributed by atoms with Crippen LogP contribution in [-0.2, 0) is 19.5 Å². The highest BCUT2D eigenvalue weighted by molar-refractivity contribution is 5.49. The fourth-order valence-electron chi connectivity index (χ4n) is 3.40. The van der Waals surface area contributed by atoms with Crippen molar-refractivity contribution in [2.24, 2.45) is 0 Å². The van der Waals surface area contributed by atoms with Gasteiger partial charge in [0.1, 0.15) is 5.82 Å². The van der Waals surface area contributed by atoms with Crippen molar-refractivity contribution in [2.45, 2.75) is 38.3 Å². The molecule has 4 rings (SSSR count). The molecular formula is C17H17N5O5. The normalized spacial score (nSPS) is 16.7. The Kier molecular flexibility index (Phi) is 4.19. The van der Waals surface area contributed by atoms with Crippen molar-refractivity contribution in [2.75, 3.05) is 6.54 Å². The van der Waals surface area contributed by atoms with Crippen LogP contribution < -0.4 is 5.56 Å². The number of nitro groups is 2. The van der Waals surface area contributed by atoms with Gasteiger partial charge in [-0.3, -0.25) is 29.9 Å². The van der Waals surface area contributed by atoms with E-state index < -0.39 is 9.85 Å². The number of nitrogens with one attached hydrogen (secondary N) is 1. The quantitative estimate of drug-likeness (QED) is 0.627. The van der Waals surface area contributed by atoms with Crippen LogP contribution in [0, 0.1) is 20.2 Å². The Hall–Kier alpha value is -3.14. The molecule has 2 heterocycles. The Balaban J connectivity index is 1.57. The fourth-order valence-corrected chi connectivity index (χ4v) is 3.40. The van der Waals surface area contributed by atoms with E-state index in [1.165, 1.54) is 12.1 Å². The monoisotopic (exact) mass is 371 g/mol. The molecule has 10 heteroatoms. The van der Waals surface area contributed by atoms with Crippen molar-refractivity contribution < 1.29 is 9.85 Å². The summed E-state index contributed by atoms with van der Waals surface area (Å²) in [5.41, 5.74) is 1.02. The molecule has 2 aromatic rings. The number of benzene rings is 1. The van der Waals surface area contributed by atoms with Gasteiger partial charge in [-0.15, -0.1) is 0 Å². The molecule has 1 saturated carbocycles. The molecule has 2 aliphatic rings. The molecule has 0 unspecified atom stereocenters. The van der Waals surface area contributed by atoms with E-state index in [0.717, 1.165) is 30.4 Å². The molecule has 140 valence electrons. The SMILES string of the molecule is O=c1[nH]c(C2CC2)nc2c1CN(Cc1ccc([N+](=O)[O-])cc1[N+](=O)[O-])CC2. The minimum atomic E-state index is -0.656. The molecule has 0 amide bonds. The van der Waals surface area contributed by atoms with Gasteiger partial charge in [-0.25, -0.2) is 4.98 Å². The van der Waals surface area contributed by atoms with E-state index in [9.17, 15) is 25.0 Å². The van der Waals surface area contributed by atoms with Crippen LogP contribution in [0.2, 0.25) is 0 Å². The Morgan fingerprint density at radius 2 is 2.00 bits per heavy atom. The van der Waals surface area contributed by atoms with Gasteiger partial charge in [0.05, 0.1) is 27.2 Å². The molecule has 0 bridgehead atoms. The standard InChI is InChI=1S/C17H17N5O5/c23-17-13-9-20(6-5-14(13)18-16(19-17)10-1-2-10)8-11-3-4-12(21(24)25)7-15(11)22(26)27/h3-4,7,10H,1-2,5-6,8-9H2,(H,18,19,23). The lowest BCUT2D eigenvalue weighted by Crippen LogP contribution is -2.35. The number of nitro benzene ring substituents is 2. The van der Waals surface area contributed by atoms with E-state index in [2.05, 4.69) is 9.97 Å². The van der Waals surface area contributed by atoms with Crippen molar-refractivity contribution in [1.29, 1.82) is 0 Å². The molecule has 27 heavy (non-hydrogen) atoms. The van der Waals surface area contributed by atoms with Crippen LogP contribution in [0.25, 0.3) is 0 Å². The first-order valence-electron chi connectivity index (χ1n) is 8.68. The number of aromatic nitrogens is 2. The third-order valence-electron chi connectivity index (χ3n) is 5.00. The molecule has 1 aromatic carbocycles. The van der Waals surface area contributed by atoms with Crippen molar-refractivity contribution in [1.82, 2.24) is 14.9 Å². The summed E-state index contributed by atoms with van der Waals surface area (Å²) in [6.45, 7) is 1.19. The summed E-state index contributed by atoms with van der Waals surface area (Å²) in [5, 5.41) is 22.2. The van der Waals surface area contributed by atoms with Gasteiger partial charge in [0.25, 0.3) is 16.9 Å². The Labute approximate surface area is 153 Å². The summed E-state index contributed by atoms with van der Waals surface area (Å²) in [7, 11) is 0. The van der Waals surface area contributed by atoms with Crippen LogP contribution >= 0.6 is 0 Å². The maximum absolute atomic E-state index is 12.4. The average molecular weight is 371 g/mol. The van der Waals surface area contributed by atoms with Gasteiger partial charge in [0.15, 0.2) is 0 Å². The molecule has 1 N–H and O–H groups in total. The van der Waals surface area contributed by atoms with Crippen LogP contribution in [0.4, 0.5) is 11.4 Å². The molecule has 0 saturated heterocycles. The van der Waals surface area contributed by atoms with Crippen molar-refractivity contribution >= 4 is 11.4 Å². The topological polar surface area (TPSA) is 135 Å². The summed E-state index contributed by atoms with van der Waals surface area (Å²) in [4.78, 5) is 42.7. The van der Waals surface area contributed by atoms with E-state index in [4.69, 9.17) is 0 Å². The summed E-state index contributed by atoms with van der Waals surface area (Å²) in [6, 6.07) is 3.64. The zero-order chi connectivity index (χ0) is 19.1. The first-order valence-corrected chi connectivity index (χ1v) is 8.68. The minimum Gasteiger partial charge on any atom is -0.310 e. The van der Waals surface area contributed by atoms with Crippen molar-refractivity contribution in [3.05, 3.63) is 71.4 Å². The maximum Gasteiger partial charge on any atom is 0.280 e. The van der Waals surface area contributed by atoms with Crippen LogP contribution in [-0.4, -0.2) is 31.3 Å². The third-order valence-corrected chi connectivity index (χ3v) is 5.00. The Morgan fingerprint density at radius 1 is 1.22 bits per heavy atom. The summed E-state index contributed by atoms with van der Waals surface area (Å²) < 4.78 is 0. The van der Waals surface area contributed by atoms with E-state index in [0.29, 0.717) is 36.6 Å². The van der Waals surface area contributed by atoms with Crippen LogP contribution in [0.1, 0.15) is 41.4 Å². The van der Waals surface area contributed by atoms with E-state index in [-0.39, 0.29) is 23.5 Å². The lowest BCUT2D eigenvalue weighted by atomic mass is 10.0. The second-order valence-electron chi connectivity index (χ2n) is 6.94. The lowest BCUT2D eigenvalue weighted by molar-refractivity contribution is -0.394. The molecule has 1 aliphatic heterocycles. The van der Waals surface area contributed by atoms with Crippen LogP contribution in [0.3, 0.4) is 0 Å². The highest BCUT2D eigenvalue weighted by Gasteiger charge is 2.29. The summed E-state index contributed by atoms with van der Waals surface area (Å²) in [6.07, 6.45) is 2.70. The van der Waals surface area contributed by atoms with Gasteiger partial charge in [-0.05, 0) is 18.9 Å². The largest absolute Gasteiger partial charge is 0.310 e. The van der Waals surface area contributed by atoms with Gasteiger partial charge < -0.3 is 4.98 Å². The van der Waals surface area contributed by atoms with E-state index in [1.807, 2.05) is 4.90 Å². The minimum absolute atomic E-state index is 0.148. The number of hydrogen-bond acceptors (Lipinski definition) is 7. The highest BCUT2D eigenvalue weighted by atomic mass is 16.6. The summed E-state index contributed by atoms with van der Waals surface area (Å²) in [5.74, 6) is 1.13. The van der Waals surface area contributed by atoms with Crippen molar-refractivity contribution in [3.63, 3.8) is 0 Å². The molecule has 0 spiro atoms. The number of non-ortho nitro benzene ring substituents is 1. The predicted octanol–water partition coefficient (Wildman–Crippen LogP) is 2.02. The third kappa shape index (κ3) is 3.43. The molecule has 0 radical (unpaired) electrons. The predicted molar refractivity (Wildman–Crippen MR) is 94.4 cm³/mol. The number of rotatable bonds is 5. The molecule has 1 aliphatic carbocycles. The average Bonchev–Trinajstić information content (AvgIpc) is 3.47. The number of aromatic amines is 1. The zero-order valence-corrected chi connectivity index (χ0v) is 14.4. The van der Waals surface area contributed by atoms with Gasteiger partial charge in [-0.1, -0.05) is 0 Å². The summed E-state index contributed by atoms with van der Waals surface area (Å²) >= 11 is 0. The van der Waals surface area contributed by atoms with Crippen LogP contribution in [0.5, 0.6) is 0 Å². The highest BCUT2D eigenvalue weighted by Crippen LogP contribution is 2.38. The first-order chi connectivity index (χ1) is 12.9. The smallest absolute Gasteiger partial charge is 0.280 e. The van der Waals surface area contributed by atoms with Gasteiger partial charge >= 0.3 is 0 Å². The van der Waals surface area contributed by atoms with Gasteiger partial charge in [0, 0.05) is 43.6 Å². The van der Waals surface area contributed by atoms with Crippen molar-refractivity contribution in [3.8, 4) is 0 Å². The Bertz CT molecular complexity index is 998. The van der Waals surface area contributed by atoms with Gasteiger partial charge in [0.2, 0.25) is 0 Å². The number of H-pyrrole nitrogens is 1. The molecule has 1 fully saturated rings. The molecule has 1 aromatic heterocycles. The Morgan fingerprint density at radius 3 is 2.67 bits per heavy atom. The second-order valence-corrected chi connectivity index (χ2v) is 6.94. The lowest BCUT2D eigenvalue weighted by Gasteiger charge is -2.27. The van der Waals surface area contributed by atoms with E-state index in [1.54, 1.807) is 0 Å². The maximum atomic E-state index is 12.4. The zero-order valence-electron chi connectivity index (χ0n) is 14.4.